The van der Waals surface area contributed by atoms with Crippen molar-refractivity contribution in [3.63, 3.8) is 0 Å². The van der Waals surface area contributed by atoms with E-state index in [0.717, 1.165) is 11.3 Å². The number of hydrazone groups is 1. The second-order valence-electron chi connectivity index (χ2n) is 4.31. The van der Waals surface area contributed by atoms with Gasteiger partial charge in [0.25, 0.3) is 5.91 Å². The average molecular weight is 302 g/mol. The maximum Gasteiger partial charge on any atom is 0.277 e. The molecule has 2 aromatic carbocycles. The van der Waals surface area contributed by atoms with E-state index >= 15 is 0 Å². The fraction of sp³-hybridized carbons (Fsp3) is 0.125. The Morgan fingerprint density at radius 3 is 2.41 bits per heavy atom. The third-order valence-corrected chi connectivity index (χ3v) is 2.70. The van der Waals surface area contributed by atoms with Crippen LogP contribution in [0.4, 0.5) is 4.39 Å². The Hall–Kier alpha value is -2.89. The summed E-state index contributed by atoms with van der Waals surface area (Å²) < 4.78 is 22.9. The third kappa shape index (κ3) is 4.90. The second-order valence-corrected chi connectivity index (χ2v) is 4.31. The highest BCUT2D eigenvalue weighted by molar-refractivity contribution is 5.83. The minimum Gasteiger partial charge on any atom is -0.497 e. The first-order valence-electron chi connectivity index (χ1n) is 6.52. The van der Waals surface area contributed by atoms with E-state index in [2.05, 4.69) is 10.5 Å². The first-order valence-corrected chi connectivity index (χ1v) is 6.52. The molecule has 2 aromatic rings. The van der Waals surface area contributed by atoms with E-state index in [4.69, 9.17) is 9.47 Å². The molecule has 5 nitrogen and oxygen atoms in total. The monoisotopic (exact) mass is 302 g/mol. The molecule has 0 aliphatic carbocycles. The molecule has 0 aliphatic rings. The summed E-state index contributed by atoms with van der Waals surface area (Å²) in [7, 11) is 1.59. The standard InChI is InChI=1S/C16H15FN2O3/c1-21-14-6-2-12(3-7-14)10-18-19-16(20)11-22-15-8-4-13(17)5-9-15/h2-10H,11H2,1H3,(H,19,20)/b18-10+. The van der Waals surface area contributed by atoms with Crippen molar-refractivity contribution in [2.45, 2.75) is 0 Å². The molecule has 0 aliphatic heterocycles. The number of ether oxygens (including phenoxy) is 2. The van der Waals surface area contributed by atoms with Gasteiger partial charge in [0.15, 0.2) is 6.61 Å². The topological polar surface area (TPSA) is 59.9 Å². The van der Waals surface area contributed by atoms with E-state index in [9.17, 15) is 9.18 Å². The molecule has 114 valence electrons. The van der Waals surface area contributed by atoms with Crippen molar-refractivity contribution in [1.29, 1.82) is 0 Å². The van der Waals surface area contributed by atoms with Gasteiger partial charge in [-0.2, -0.15) is 5.10 Å². The van der Waals surface area contributed by atoms with Gasteiger partial charge in [-0.15, -0.1) is 0 Å². The Morgan fingerprint density at radius 1 is 1.14 bits per heavy atom. The molecular weight excluding hydrogens is 287 g/mol. The maximum atomic E-state index is 12.7. The Labute approximate surface area is 127 Å². The van der Waals surface area contributed by atoms with Crippen LogP contribution < -0.4 is 14.9 Å². The van der Waals surface area contributed by atoms with Crippen molar-refractivity contribution in [3.8, 4) is 11.5 Å². The van der Waals surface area contributed by atoms with Gasteiger partial charge >= 0.3 is 0 Å². The molecule has 0 radical (unpaired) electrons. The van der Waals surface area contributed by atoms with E-state index < -0.39 is 5.91 Å². The second kappa shape index (κ2) is 7.78. The van der Waals surface area contributed by atoms with Crippen LogP contribution in [0.25, 0.3) is 0 Å². The largest absolute Gasteiger partial charge is 0.497 e. The number of benzene rings is 2. The predicted molar refractivity (Wildman–Crippen MR) is 80.6 cm³/mol. The van der Waals surface area contributed by atoms with Gasteiger partial charge in [-0.05, 0) is 54.1 Å². The Morgan fingerprint density at radius 2 is 1.77 bits per heavy atom. The first kappa shape index (κ1) is 15.5. The number of nitrogens with zero attached hydrogens (tertiary/aromatic N) is 1. The van der Waals surface area contributed by atoms with Gasteiger partial charge < -0.3 is 9.47 Å². The number of methoxy groups -OCH3 is 1. The van der Waals surface area contributed by atoms with Gasteiger partial charge in [-0.1, -0.05) is 0 Å². The number of carbonyl (C=O) groups excluding carboxylic acids is 1. The normalized spacial score (nSPS) is 10.5. The Balaban J connectivity index is 1.76. The molecule has 0 spiro atoms. The molecule has 0 fully saturated rings. The molecule has 2 rings (SSSR count). The average Bonchev–Trinajstić information content (AvgIpc) is 2.55. The molecule has 0 atom stereocenters. The Kier molecular flexibility index (Phi) is 5.48. The van der Waals surface area contributed by atoms with Crippen molar-refractivity contribution < 1.29 is 18.7 Å². The fourth-order valence-electron chi connectivity index (χ4n) is 1.58. The van der Waals surface area contributed by atoms with Gasteiger partial charge in [0, 0.05) is 0 Å². The number of halogens is 1. The lowest BCUT2D eigenvalue weighted by atomic mass is 10.2. The summed E-state index contributed by atoms with van der Waals surface area (Å²) in [5.74, 6) is 0.388. The summed E-state index contributed by atoms with van der Waals surface area (Å²) in [5.41, 5.74) is 3.16. The van der Waals surface area contributed by atoms with Gasteiger partial charge in [0.2, 0.25) is 0 Å². The van der Waals surface area contributed by atoms with Gasteiger partial charge in [-0.25, -0.2) is 9.82 Å². The van der Waals surface area contributed by atoms with Gasteiger partial charge in [-0.3, -0.25) is 4.79 Å². The van der Waals surface area contributed by atoms with Gasteiger partial charge in [0.1, 0.15) is 17.3 Å². The summed E-state index contributed by atoms with van der Waals surface area (Å²) >= 11 is 0. The summed E-state index contributed by atoms with van der Waals surface area (Å²) in [4.78, 5) is 11.5. The SMILES string of the molecule is COc1ccc(/C=N/NC(=O)COc2ccc(F)cc2)cc1. The first-order chi connectivity index (χ1) is 10.7. The fourth-order valence-corrected chi connectivity index (χ4v) is 1.58. The van der Waals surface area contributed by atoms with Crippen LogP contribution in [0.1, 0.15) is 5.56 Å². The van der Waals surface area contributed by atoms with Crippen molar-refractivity contribution in [3.05, 3.63) is 59.9 Å². The molecule has 0 saturated heterocycles. The van der Waals surface area contributed by atoms with E-state index in [1.807, 2.05) is 12.1 Å². The smallest absolute Gasteiger partial charge is 0.277 e. The van der Waals surface area contributed by atoms with Crippen LogP contribution in [-0.4, -0.2) is 25.8 Å². The van der Waals surface area contributed by atoms with E-state index in [1.165, 1.54) is 30.5 Å². The lowest BCUT2D eigenvalue weighted by Gasteiger charge is -2.04. The van der Waals surface area contributed by atoms with E-state index in [0.29, 0.717) is 5.75 Å². The van der Waals surface area contributed by atoms with Crippen LogP contribution >= 0.6 is 0 Å². The van der Waals surface area contributed by atoms with Crippen molar-refractivity contribution in [2.24, 2.45) is 5.10 Å². The number of hydrogen-bond acceptors (Lipinski definition) is 4. The van der Waals surface area contributed by atoms with Crippen LogP contribution in [0.15, 0.2) is 53.6 Å². The maximum absolute atomic E-state index is 12.7. The number of amides is 1. The van der Waals surface area contributed by atoms with E-state index in [1.54, 1.807) is 19.2 Å². The zero-order valence-electron chi connectivity index (χ0n) is 12.0. The minimum absolute atomic E-state index is 0.203. The number of nitrogens with one attached hydrogen (secondary N) is 1. The van der Waals surface area contributed by atoms with Crippen LogP contribution in [0.2, 0.25) is 0 Å². The van der Waals surface area contributed by atoms with Crippen LogP contribution in [-0.2, 0) is 4.79 Å². The van der Waals surface area contributed by atoms with Crippen LogP contribution in [0.5, 0.6) is 11.5 Å². The number of hydrogen-bond donors (Lipinski definition) is 1. The zero-order chi connectivity index (χ0) is 15.8. The molecule has 0 bridgehead atoms. The Bertz CT molecular complexity index is 639. The molecule has 1 N–H and O–H groups in total. The molecule has 6 heteroatoms. The van der Waals surface area contributed by atoms with Crippen LogP contribution in [0, 0.1) is 5.82 Å². The summed E-state index contributed by atoms with van der Waals surface area (Å²) in [6.45, 7) is -0.203. The molecule has 1 amide bonds. The lowest BCUT2D eigenvalue weighted by molar-refractivity contribution is -0.123. The number of rotatable bonds is 6. The van der Waals surface area contributed by atoms with Crippen molar-refractivity contribution >= 4 is 12.1 Å². The molecule has 0 saturated carbocycles. The minimum atomic E-state index is -0.408. The third-order valence-electron chi connectivity index (χ3n) is 2.70. The predicted octanol–water partition coefficient (Wildman–Crippen LogP) is 2.36. The molecule has 22 heavy (non-hydrogen) atoms. The zero-order valence-corrected chi connectivity index (χ0v) is 12.0. The quantitative estimate of drug-likeness (QED) is 0.658. The highest BCUT2D eigenvalue weighted by Crippen LogP contribution is 2.11. The molecule has 0 heterocycles. The van der Waals surface area contributed by atoms with Crippen molar-refractivity contribution in [1.82, 2.24) is 5.43 Å². The highest BCUT2D eigenvalue weighted by atomic mass is 19.1. The van der Waals surface area contributed by atoms with Crippen LogP contribution in [0.3, 0.4) is 0 Å². The summed E-state index contributed by atoms with van der Waals surface area (Å²) in [6, 6.07) is 12.6. The number of carbonyl (C=O) groups is 1. The summed E-state index contributed by atoms with van der Waals surface area (Å²) in [6.07, 6.45) is 1.51. The van der Waals surface area contributed by atoms with E-state index in [-0.39, 0.29) is 12.4 Å². The molecule has 0 unspecified atom stereocenters. The lowest BCUT2D eigenvalue weighted by Crippen LogP contribution is -2.24. The van der Waals surface area contributed by atoms with Crippen molar-refractivity contribution in [2.75, 3.05) is 13.7 Å². The molecule has 0 aromatic heterocycles. The highest BCUT2D eigenvalue weighted by Gasteiger charge is 2.01. The molecular formula is C16H15FN2O3. The van der Waals surface area contributed by atoms with Gasteiger partial charge in [0.05, 0.1) is 13.3 Å². The summed E-state index contributed by atoms with van der Waals surface area (Å²) in [5, 5.41) is 3.82.